The van der Waals surface area contributed by atoms with Gasteiger partial charge in [-0.25, -0.2) is 0 Å². The van der Waals surface area contributed by atoms with Gasteiger partial charge in [0.2, 0.25) is 0 Å². The van der Waals surface area contributed by atoms with Crippen LogP contribution < -0.4 is 0 Å². The lowest BCUT2D eigenvalue weighted by Crippen LogP contribution is -2.02. The standard InChI is InChI=1S/C9H11NO2/c1-12-9(7-10-11)8-5-3-2-4-6-8/h2-7,9,11H,1H3/b10-7-/t9-/m1/s1. The van der Waals surface area contributed by atoms with Crippen molar-refractivity contribution in [3.05, 3.63) is 35.9 Å². The monoisotopic (exact) mass is 165 g/mol. The zero-order valence-corrected chi connectivity index (χ0v) is 6.84. The maximum Gasteiger partial charge on any atom is 0.121 e. The Kier molecular flexibility index (Phi) is 3.29. The quantitative estimate of drug-likeness (QED) is 0.422. The molecule has 0 aromatic heterocycles. The molecule has 0 saturated carbocycles. The van der Waals surface area contributed by atoms with Crippen molar-refractivity contribution in [1.82, 2.24) is 0 Å². The van der Waals surface area contributed by atoms with Gasteiger partial charge in [0.15, 0.2) is 0 Å². The van der Waals surface area contributed by atoms with Gasteiger partial charge in [-0.1, -0.05) is 35.5 Å². The van der Waals surface area contributed by atoms with Crippen LogP contribution in [-0.4, -0.2) is 18.5 Å². The largest absolute Gasteiger partial charge is 0.411 e. The third-order valence-electron chi connectivity index (χ3n) is 1.58. The Labute approximate surface area is 71.3 Å². The highest BCUT2D eigenvalue weighted by Gasteiger charge is 2.05. The van der Waals surface area contributed by atoms with E-state index in [0.29, 0.717) is 0 Å². The Morgan fingerprint density at radius 3 is 2.58 bits per heavy atom. The van der Waals surface area contributed by atoms with Crippen LogP contribution in [0.4, 0.5) is 0 Å². The van der Waals surface area contributed by atoms with Crippen LogP contribution >= 0.6 is 0 Å². The lowest BCUT2D eigenvalue weighted by atomic mass is 10.1. The smallest absolute Gasteiger partial charge is 0.121 e. The lowest BCUT2D eigenvalue weighted by molar-refractivity contribution is 0.158. The molecule has 12 heavy (non-hydrogen) atoms. The van der Waals surface area contributed by atoms with E-state index in [4.69, 9.17) is 9.94 Å². The van der Waals surface area contributed by atoms with E-state index >= 15 is 0 Å². The third-order valence-corrected chi connectivity index (χ3v) is 1.58. The highest BCUT2D eigenvalue weighted by molar-refractivity contribution is 5.65. The summed E-state index contributed by atoms with van der Waals surface area (Å²) in [6.45, 7) is 0. The van der Waals surface area contributed by atoms with E-state index < -0.39 is 0 Å². The van der Waals surface area contributed by atoms with Crippen LogP contribution in [0.5, 0.6) is 0 Å². The molecule has 0 aliphatic rings. The summed E-state index contributed by atoms with van der Waals surface area (Å²) in [6.07, 6.45) is 1.08. The Hall–Kier alpha value is -1.35. The molecule has 0 bridgehead atoms. The molecular weight excluding hydrogens is 154 g/mol. The summed E-state index contributed by atoms with van der Waals surface area (Å²) in [5, 5.41) is 11.3. The van der Waals surface area contributed by atoms with Crippen molar-refractivity contribution in [2.24, 2.45) is 5.16 Å². The molecule has 3 heteroatoms. The normalized spacial score (nSPS) is 13.4. The molecule has 1 aromatic rings. The summed E-state index contributed by atoms with van der Waals surface area (Å²) in [5.41, 5.74) is 0.970. The van der Waals surface area contributed by atoms with Gasteiger partial charge < -0.3 is 9.94 Å². The van der Waals surface area contributed by atoms with Gasteiger partial charge in [-0.15, -0.1) is 0 Å². The van der Waals surface area contributed by atoms with Crippen LogP contribution in [0.25, 0.3) is 0 Å². The first-order chi connectivity index (χ1) is 5.88. The molecule has 0 aliphatic carbocycles. The number of oxime groups is 1. The van der Waals surface area contributed by atoms with Crippen LogP contribution in [0.3, 0.4) is 0 Å². The minimum Gasteiger partial charge on any atom is -0.411 e. The Balaban J connectivity index is 2.80. The van der Waals surface area contributed by atoms with E-state index in [1.807, 2.05) is 30.3 Å². The van der Waals surface area contributed by atoms with Crippen LogP contribution in [-0.2, 0) is 4.74 Å². The second-order valence-electron chi connectivity index (χ2n) is 2.33. The number of ether oxygens (including phenoxy) is 1. The summed E-state index contributed by atoms with van der Waals surface area (Å²) in [7, 11) is 1.57. The molecule has 0 aliphatic heterocycles. The van der Waals surface area contributed by atoms with Crippen molar-refractivity contribution >= 4 is 6.21 Å². The SMILES string of the molecule is CO[C@H](/C=N\O)c1ccccc1. The van der Waals surface area contributed by atoms with E-state index in [9.17, 15) is 0 Å². The molecule has 0 spiro atoms. The van der Waals surface area contributed by atoms with Crippen LogP contribution in [0.1, 0.15) is 11.7 Å². The molecule has 0 heterocycles. The fraction of sp³-hybridized carbons (Fsp3) is 0.222. The van der Waals surface area contributed by atoms with Crippen LogP contribution in [0, 0.1) is 0 Å². The topological polar surface area (TPSA) is 41.8 Å². The molecule has 0 fully saturated rings. The molecular formula is C9H11NO2. The van der Waals surface area contributed by atoms with Gasteiger partial charge in [-0.3, -0.25) is 0 Å². The first-order valence-corrected chi connectivity index (χ1v) is 3.63. The molecule has 1 rings (SSSR count). The third kappa shape index (κ3) is 2.07. The summed E-state index contributed by atoms with van der Waals surface area (Å²) < 4.78 is 5.07. The van der Waals surface area contributed by atoms with Crippen molar-refractivity contribution in [3.63, 3.8) is 0 Å². The molecule has 0 unspecified atom stereocenters. The van der Waals surface area contributed by atoms with Gasteiger partial charge >= 0.3 is 0 Å². The van der Waals surface area contributed by atoms with Crippen molar-refractivity contribution in [2.75, 3.05) is 7.11 Å². The maximum atomic E-state index is 8.32. The van der Waals surface area contributed by atoms with Gasteiger partial charge in [0, 0.05) is 7.11 Å². The molecule has 0 amide bonds. The highest BCUT2D eigenvalue weighted by Crippen LogP contribution is 2.12. The summed E-state index contributed by atoms with van der Waals surface area (Å²) in [6, 6.07) is 9.57. The van der Waals surface area contributed by atoms with Crippen LogP contribution in [0.15, 0.2) is 35.5 Å². The number of rotatable bonds is 3. The van der Waals surface area contributed by atoms with Gasteiger partial charge in [-0.2, -0.15) is 0 Å². The fourth-order valence-corrected chi connectivity index (χ4v) is 0.986. The number of hydrogen-bond donors (Lipinski definition) is 1. The van der Waals surface area contributed by atoms with Crippen molar-refractivity contribution < 1.29 is 9.94 Å². The molecule has 0 saturated heterocycles. The summed E-state index contributed by atoms with van der Waals surface area (Å²) in [5.74, 6) is 0. The molecule has 1 aromatic carbocycles. The lowest BCUT2D eigenvalue weighted by Gasteiger charge is -2.08. The minimum absolute atomic E-state index is 0.267. The van der Waals surface area contributed by atoms with E-state index in [1.165, 1.54) is 6.21 Å². The van der Waals surface area contributed by atoms with Gasteiger partial charge in [0.25, 0.3) is 0 Å². The van der Waals surface area contributed by atoms with E-state index in [2.05, 4.69) is 5.16 Å². The first kappa shape index (κ1) is 8.74. The summed E-state index contributed by atoms with van der Waals surface area (Å²) in [4.78, 5) is 0. The summed E-state index contributed by atoms with van der Waals surface area (Å²) >= 11 is 0. The zero-order valence-electron chi connectivity index (χ0n) is 6.84. The van der Waals surface area contributed by atoms with Crippen molar-refractivity contribution in [3.8, 4) is 0 Å². The van der Waals surface area contributed by atoms with E-state index in [-0.39, 0.29) is 6.10 Å². The number of nitrogens with zero attached hydrogens (tertiary/aromatic N) is 1. The first-order valence-electron chi connectivity index (χ1n) is 3.63. The average molecular weight is 165 g/mol. The highest BCUT2D eigenvalue weighted by atomic mass is 16.5. The zero-order chi connectivity index (χ0) is 8.81. The van der Waals surface area contributed by atoms with Gasteiger partial charge in [0.1, 0.15) is 6.10 Å². The Morgan fingerprint density at radius 1 is 1.42 bits per heavy atom. The van der Waals surface area contributed by atoms with Crippen LogP contribution in [0.2, 0.25) is 0 Å². The molecule has 3 nitrogen and oxygen atoms in total. The molecule has 1 atom stereocenters. The second kappa shape index (κ2) is 4.51. The van der Waals surface area contributed by atoms with Gasteiger partial charge in [0.05, 0.1) is 6.21 Å². The average Bonchev–Trinajstić information content (AvgIpc) is 2.15. The Bertz CT molecular complexity index is 246. The van der Waals surface area contributed by atoms with Gasteiger partial charge in [-0.05, 0) is 5.56 Å². The second-order valence-corrected chi connectivity index (χ2v) is 2.33. The number of hydrogen-bond acceptors (Lipinski definition) is 3. The van der Waals surface area contributed by atoms with E-state index in [1.54, 1.807) is 7.11 Å². The maximum absolute atomic E-state index is 8.32. The molecule has 0 radical (unpaired) electrons. The van der Waals surface area contributed by atoms with Crippen molar-refractivity contribution in [2.45, 2.75) is 6.10 Å². The Morgan fingerprint density at radius 2 is 2.08 bits per heavy atom. The van der Waals surface area contributed by atoms with Crippen molar-refractivity contribution in [1.29, 1.82) is 0 Å². The number of benzene rings is 1. The molecule has 64 valence electrons. The fourth-order valence-electron chi connectivity index (χ4n) is 0.986. The minimum atomic E-state index is -0.267. The van der Waals surface area contributed by atoms with E-state index in [0.717, 1.165) is 5.56 Å². The number of methoxy groups -OCH3 is 1. The predicted octanol–water partition coefficient (Wildman–Crippen LogP) is 1.83. The predicted molar refractivity (Wildman–Crippen MR) is 46.5 cm³/mol. The molecule has 1 N–H and O–H groups in total.